The highest BCUT2D eigenvalue weighted by Crippen LogP contribution is 2.40. The van der Waals surface area contributed by atoms with Gasteiger partial charge in [-0.2, -0.15) is 0 Å². The minimum absolute atomic E-state index is 0.0706. The Hall–Kier alpha value is -2.11. The Labute approximate surface area is 154 Å². The van der Waals surface area contributed by atoms with E-state index in [1.807, 2.05) is 6.92 Å². The third-order valence-corrected chi connectivity index (χ3v) is 5.87. The number of carbonyl (C=O) groups is 1. The zero-order chi connectivity index (χ0) is 18.1. The summed E-state index contributed by atoms with van der Waals surface area (Å²) in [7, 11) is 0. The number of hydrogen-bond acceptors (Lipinski definition) is 5. The predicted octanol–water partition coefficient (Wildman–Crippen LogP) is 4.20. The number of carbonyl (C=O) groups excluding carboxylic acids is 1. The number of fused-ring (bicyclic) bond motifs is 1. The number of aromatic nitrogens is 2. The summed E-state index contributed by atoms with van der Waals surface area (Å²) in [5.74, 6) is 1.96. The van der Waals surface area contributed by atoms with Crippen molar-refractivity contribution in [2.75, 3.05) is 11.9 Å². The molecule has 2 N–H and O–H groups in total. The zero-order valence-electron chi connectivity index (χ0n) is 15.7. The minimum Gasteiger partial charge on any atom is -0.442 e. The van der Waals surface area contributed by atoms with Gasteiger partial charge in [0.25, 0.3) is 5.91 Å². The summed E-state index contributed by atoms with van der Waals surface area (Å²) in [5, 5.41) is 7.25. The molecule has 2 aliphatic carbocycles. The van der Waals surface area contributed by atoms with E-state index in [0.29, 0.717) is 34.8 Å². The summed E-state index contributed by atoms with van der Waals surface area (Å²) < 4.78 is 5.74. The highest BCUT2D eigenvalue weighted by molar-refractivity contribution is 6.10. The quantitative estimate of drug-likeness (QED) is 0.811. The number of amides is 1. The summed E-state index contributed by atoms with van der Waals surface area (Å²) in [6, 6.07) is 0. The number of furan rings is 1. The van der Waals surface area contributed by atoms with Gasteiger partial charge in [0.1, 0.15) is 17.9 Å². The first-order valence-corrected chi connectivity index (χ1v) is 9.86. The lowest BCUT2D eigenvalue weighted by atomic mass is 9.87. The maximum Gasteiger partial charge on any atom is 0.255 e. The molecule has 0 bridgehead atoms. The molecular formula is C20H28N4O2. The molecule has 0 radical (unpaired) electrons. The Morgan fingerprint density at radius 1 is 1.27 bits per heavy atom. The summed E-state index contributed by atoms with van der Waals surface area (Å²) in [6.07, 6.45) is 11.4. The van der Waals surface area contributed by atoms with E-state index < -0.39 is 0 Å². The van der Waals surface area contributed by atoms with Crippen molar-refractivity contribution in [3.63, 3.8) is 0 Å². The van der Waals surface area contributed by atoms with E-state index >= 15 is 0 Å². The molecule has 0 saturated heterocycles. The monoisotopic (exact) mass is 356 g/mol. The number of nitrogens with one attached hydrogen (secondary N) is 2. The second-order valence-corrected chi connectivity index (χ2v) is 8.17. The van der Waals surface area contributed by atoms with Crippen LogP contribution in [-0.2, 0) is 0 Å². The van der Waals surface area contributed by atoms with Gasteiger partial charge in [-0.3, -0.25) is 4.79 Å². The number of anilines is 1. The van der Waals surface area contributed by atoms with Crippen molar-refractivity contribution in [2.45, 2.75) is 70.8 Å². The third-order valence-electron chi connectivity index (χ3n) is 5.87. The molecule has 1 amide bonds. The molecule has 2 heterocycles. The van der Waals surface area contributed by atoms with Gasteiger partial charge >= 0.3 is 0 Å². The van der Waals surface area contributed by atoms with Crippen molar-refractivity contribution in [1.29, 1.82) is 0 Å². The molecule has 0 spiro atoms. The lowest BCUT2D eigenvalue weighted by Gasteiger charge is -2.21. The Balaban J connectivity index is 1.51. The maximum atomic E-state index is 12.9. The summed E-state index contributed by atoms with van der Waals surface area (Å²) in [6.45, 7) is 4.70. The van der Waals surface area contributed by atoms with Crippen LogP contribution in [0.25, 0.3) is 11.1 Å². The molecule has 2 aliphatic rings. The molecule has 0 unspecified atom stereocenters. The average Bonchev–Trinajstić information content (AvgIpc) is 3.24. The van der Waals surface area contributed by atoms with Gasteiger partial charge in [0.15, 0.2) is 0 Å². The van der Waals surface area contributed by atoms with E-state index in [9.17, 15) is 4.79 Å². The van der Waals surface area contributed by atoms with Gasteiger partial charge < -0.3 is 15.1 Å². The van der Waals surface area contributed by atoms with E-state index in [4.69, 9.17) is 4.42 Å². The van der Waals surface area contributed by atoms with Crippen LogP contribution in [0.5, 0.6) is 0 Å². The molecule has 140 valence electrons. The number of rotatable bonds is 6. The van der Waals surface area contributed by atoms with Crippen LogP contribution in [0, 0.1) is 12.8 Å². The lowest BCUT2D eigenvalue weighted by molar-refractivity contribution is 0.0950. The number of aryl methyl sites for hydroxylation is 1. The topological polar surface area (TPSA) is 80.1 Å². The summed E-state index contributed by atoms with van der Waals surface area (Å²) in [5.41, 5.74) is 1.11. The molecule has 6 nitrogen and oxygen atoms in total. The normalized spacial score (nSPS) is 19.5. The highest BCUT2D eigenvalue weighted by Gasteiger charge is 2.38. The minimum atomic E-state index is -0.0872. The van der Waals surface area contributed by atoms with Gasteiger partial charge in [-0.1, -0.05) is 32.1 Å². The van der Waals surface area contributed by atoms with Crippen LogP contribution in [0.1, 0.15) is 74.4 Å². The van der Waals surface area contributed by atoms with E-state index in [1.165, 1.54) is 38.4 Å². The van der Waals surface area contributed by atoms with Crippen molar-refractivity contribution in [2.24, 2.45) is 5.92 Å². The Kier molecular flexibility index (Phi) is 4.59. The Morgan fingerprint density at radius 2 is 2.04 bits per heavy atom. The van der Waals surface area contributed by atoms with Crippen LogP contribution in [-0.4, -0.2) is 28.0 Å². The van der Waals surface area contributed by atoms with Crippen LogP contribution in [0.2, 0.25) is 0 Å². The maximum absolute atomic E-state index is 12.9. The van der Waals surface area contributed by atoms with Crippen LogP contribution >= 0.6 is 0 Å². The van der Waals surface area contributed by atoms with Crippen LogP contribution in [0.4, 0.5) is 5.82 Å². The second kappa shape index (κ2) is 6.89. The van der Waals surface area contributed by atoms with Crippen LogP contribution in [0.3, 0.4) is 0 Å². The summed E-state index contributed by atoms with van der Waals surface area (Å²) >= 11 is 0. The fraction of sp³-hybridized carbons (Fsp3) is 0.650. The molecule has 4 rings (SSSR count). The smallest absolute Gasteiger partial charge is 0.255 e. The Morgan fingerprint density at radius 3 is 2.77 bits per heavy atom. The first-order chi connectivity index (χ1) is 12.6. The molecule has 2 aromatic heterocycles. The van der Waals surface area contributed by atoms with Gasteiger partial charge in [-0.25, -0.2) is 9.97 Å². The fourth-order valence-electron chi connectivity index (χ4n) is 3.96. The second-order valence-electron chi connectivity index (χ2n) is 8.17. The first-order valence-electron chi connectivity index (χ1n) is 9.86. The molecule has 2 aromatic rings. The summed E-state index contributed by atoms with van der Waals surface area (Å²) in [4.78, 5) is 21.5. The number of hydrogen-bond donors (Lipinski definition) is 2. The zero-order valence-corrected chi connectivity index (χ0v) is 15.7. The molecular weight excluding hydrogens is 328 g/mol. The molecule has 6 heteroatoms. The van der Waals surface area contributed by atoms with Crippen LogP contribution in [0.15, 0.2) is 10.7 Å². The molecule has 26 heavy (non-hydrogen) atoms. The Bertz CT molecular complexity index is 803. The van der Waals surface area contributed by atoms with E-state index in [-0.39, 0.29) is 11.4 Å². The van der Waals surface area contributed by atoms with Crippen molar-refractivity contribution < 1.29 is 9.21 Å². The average molecular weight is 356 g/mol. The predicted molar refractivity (Wildman–Crippen MR) is 101 cm³/mol. The molecule has 0 aromatic carbocycles. The number of nitrogens with zero attached hydrogens (tertiary/aromatic N) is 2. The van der Waals surface area contributed by atoms with Gasteiger partial charge in [0, 0.05) is 12.1 Å². The molecule has 2 fully saturated rings. The van der Waals surface area contributed by atoms with Gasteiger partial charge in [0.05, 0.1) is 10.9 Å². The molecule has 0 aliphatic heterocycles. The molecule has 0 atom stereocenters. The van der Waals surface area contributed by atoms with Crippen molar-refractivity contribution in [3.8, 4) is 0 Å². The van der Waals surface area contributed by atoms with Crippen molar-refractivity contribution >= 4 is 22.8 Å². The van der Waals surface area contributed by atoms with E-state index in [2.05, 4.69) is 27.5 Å². The lowest BCUT2D eigenvalue weighted by Crippen LogP contribution is -2.27. The highest BCUT2D eigenvalue weighted by atomic mass is 16.3. The standard InChI is InChI=1S/C20H28N4O2/c1-13-15(18(25)21-11-8-14-6-4-3-5-7-14)16-17(24-20(2)9-10-20)22-12-23-19(16)26-13/h12,14H,3-11H2,1-2H3,(H,21,25)(H,22,23,24). The van der Waals surface area contributed by atoms with Crippen molar-refractivity contribution in [1.82, 2.24) is 15.3 Å². The van der Waals surface area contributed by atoms with E-state index in [0.717, 1.165) is 25.2 Å². The van der Waals surface area contributed by atoms with Gasteiger partial charge in [-0.05, 0) is 39.0 Å². The van der Waals surface area contributed by atoms with Gasteiger partial charge in [0.2, 0.25) is 5.71 Å². The first kappa shape index (κ1) is 17.3. The van der Waals surface area contributed by atoms with E-state index in [1.54, 1.807) is 0 Å². The van der Waals surface area contributed by atoms with Crippen LogP contribution < -0.4 is 10.6 Å². The molecule has 2 saturated carbocycles. The largest absolute Gasteiger partial charge is 0.442 e. The fourth-order valence-corrected chi connectivity index (χ4v) is 3.96. The van der Waals surface area contributed by atoms with Crippen molar-refractivity contribution in [3.05, 3.63) is 17.7 Å². The third kappa shape index (κ3) is 3.55. The SMILES string of the molecule is Cc1oc2ncnc(NC3(C)CC3)c2c1C(=O)NCCC1CCCCC1. The van der Waals surface area contributed by atoms with Gasteiger partial charge in [-0.15, -0.1) is 0 Å².